The van der Waals surface area contributed by atoms with Crippen molar-refractivity contribution in [1.82, 2.24) is 10.7 Å². The van der Waals surface area contributed by atoms with Crippen LogP contribution in [0.15, 0.2) is 65.8 Å². The largest absolute Gasteiger partial charge is 0.493 e. The zero-order valence-electron chi connectivity index (χ0n) is 17.6. The van der Waals surface area contributed by atoms with E-state index in [-0.39, 0.29) is 13.2 Å². The van der Waals surface area contributed by atoms with Gasteiger partial charge in [-0.15, -0.1) is 0 Å². The number of carbonyl (C=O) groups is 2. The van der Waals surface area contributed by atoms with Gasteiger partial charge in [0.05, 0.1) is 19.4 Å². The Morgan fingerprint density at radius 2 is 1.84 bits per heavy atom. The van der Waals surface area contributed by atoms with Gasteiger partial charge in [-0.1, -0.05) is 42.5 Å². The Bertz CT molecular complexity index is 1100. The van der Waals surface area contributed by atoms with Gasteiger partial charge in [0.15, 0.2) is 6.61 Å². The van der Waals surface area contributed by atoms with Crippen molar-refractivity contribution in [2.24, 2.45) is 5.10 Å². The van der Waals surface area contributed by atoms with Crippen LogP contribution in [0.5, 0.6) is 11.5 Å². The van der Waals surface area contributed by atoms with Crippen LogP contribution in [0.25, 0.3) is 10.8 Å². The molecule has 0 saturated carbocycles. The van der Waals surface area contributed by atoms with Gasteiger partial charge in [0, 0.05) is 5.56 Å². The molecule has 160 valence electrons. The number of amides is 2. The molecule has 0 saturated heterocycles. The fourth-order valence-electron chi connectivity index (χ4n) is 2.98. The van der Waals surface area contributed by atoms with Gasteiger partial charge < -0.3 is 14.8 Å². The van der Waals surface area contributed by atoms with E-state index in [1.54, 1.807) is 12.3 Å². The third-order valence-corrected chi connectivity index (χ3v) is 4.42. The number of hydrazone groups is 1. The molecular formula is C24H25N3O4. The molecule has 31 heavy (non-hydrogen) atoms. The summed E-state index contributed by atoms with van der Waals surface area (Å²) >= 11 is 0. The Labute approximate surface area is 181 Å². The lowest BCUT2D eigenvalue weighted by Gasteiger charge is -2.10. The first-order chi connectivity index (χ1) is 15.1. The quantitative estimate of drug-likeness (QED) is 0.412. The summed E-state index contributed by atoms with van der Waals surface area (Å²) < 4.78 is 11.1. The molecule has 3 aromatic rings. The predicted octanol–water partition coefficient (Wildman–Crippen LogP) is 3.19. The number of nitrogens with one attached hydrogen (secondary N) is 2. The smallest absolute Gasteiger partial charge is 0.259 e. The van der Waals surface area contributed by atoms with E-state index in [2.05, 4.69) is 15.8 Å². The number of hydrogen-bond acceptors (Lipinski definition) is 5. The average molecular weight is 419 g/mol. The zero-order chi connectivity index (χ0) is 22.1. The number of fused-ring (bicyclic) bond motifs is 1. The van der Waals surface area contributed by atoms with Crippen LogP contribution in [0, 0.1) is 6.92 Å². The maximum absolute atomic E-state index is 12.0. The molecule has 3 rings (SSSR count). The van der Waals surface area contributed by atoms with Crippen molar-refractivity contribution in [1.29, 1.82) is 0 Å². The number of benzene rings is 3. The molecule has 3 aromatic carbocycles. The molecule has 0 aromatic heterocycles. The molecule has 0 aliphatic rings. The van der Waals surface area contributed by atoms with Gasteiger partial charge >= 0.3 is 0 Å². The molecule has 0 unspecified atom stereocenters. The Kier molecular flexibility index (Phi) is 7.59. The molecule has 0 spiro atoms. The molecule has 2 amide bonds. The molecular weight excluding hydrogens is 394 g/mol. The highest BCUT2D eigenvalue weighted by molar-refractivity contribution is 6.02. The SMILES string of the molecule is CCOc1ccc2ccccc2c1/C=N\NC(=O)CNC(=O)COc1cccc(C)c1. The van der Waals surface area contributed by atoms with E-state index in [0.717, 1.165) is 21.9 Å². The first-order valence-corrected chi connectivity index (χ1v) is 9.99. The summed E-state index contributed by atoms with van der Waals surface area (Å²) in [7, 11) is 0. The number of nitrogens with zero attached hydrogens (tertiary/aromatic N) is 1. The second-order valence-corrected chi connectivity index (χ2v) is 6.81. The van der Waals surface area contributed by atoms with Crippen LogP contribution in [-0.2, 0) is 9.59 Å². The normalized spacial score (nSPS) is 10.8. The third kappa shape index (κ3) is 6.30. The van der Waals surface area contributed by atoms with Crippen molar-refractivity contribution < 1.29 is 19.1 Å². The predicted molar refractivity (Wildman–Crippen MR) is 121 cm³/mol. The number of ether oxygens (including phenoxy) is 2. The van der Waals surface area contributed by atoms with Crippen LogP contribution < -0.4 is 20.2 Å². The topological polar surface area (TPSA) is 89.0 Å². The van der Waals surface area contributed by atoms with Crippen LogP contribution in [0.2, 0.25) is 0 Å². The molecule has 0 atom stereocenters. The van der Waals surface area contributed by atoms with Crippen molar-refractivity contribution in [2.45, 2.75) is 13.8 Å². The number of aryl methyl sites for hydroxylation is 1. The summed E-state index contributed by atoms with van der Waals surface area (Å²) in [5.41, 5.74) is 4.23. The first-order valence-electron chi connectivity index (χ1n) is 9.99. The van der Waals surface area contributed by atoms with Gasteiger partial charge in [0.25, 0.3) is 11.8 Å². The molecule has 2 N–H and O–H groups in total. The lowest BCUT2D eigenvalue weighted by Crippen LogP contribution is -2.37. The van der Waals surface area contributed by atoms with E-state index in [9.17, 15) is 9.59 Å². The van der Waals surface area contributed by atoms with Crippen LogP contribution in [0.4, 0.5) is 0 Å². The van der Waals surface area contributed by atoms with Gasteiger partial charge in [-0.05, 0) is 48.4 Å². The Balaban J connectivity index is 1.52. The van der Waals surface area contributed by atoms with Gasteiger partial charge in [-0.25, -0.2) is 5.43 Å². The monoisotopic (exact) mass is 419 g/mol. The van der Waals surface area contributed by atoms with Gasteiger partial charge in [0.2, 0.25) is 0 Å². The molecule has 0 aliphatic heterocycles. The molecule has 7 heteroatoms. The summed E-state index contributed by atoms with van der Waals surface area (Å²) in [4.78, 5) is 23.9. The summed E-state index contributed by atoms with van der Waals surface area (Å²) in [6.45, 7) is 3.98. The van der Waals surface area contributed by atoms with Crippen LogP contribution in [-0.4, -0.2) is 37.8 Å². The van der Waals surface area contributed by atoms with Crippen LogP contribution in [0.1, 0.15) is 18.1 Å². The summed E-state index contributed by atoms with van der Waals surface area (Å²) in [5, 5.41) is 8.54. The zero-order valence-corrected chi connectivity index (χ0v) is 17.6. The van der Waals surface area contributed by atoms with E-state index in [0.29, 0.717) is 18.1 Å². The van der Waals surface area contributed by atoms with Crippen molar-refractivity contribution in [3.8, 4) is 11.5 Å². The van der Waals surface area contributed by atoms with Gasteiger partial charge in [-0.3, -0.25) is 9.59 Å². The molecule has 0 fully saturated rings. The van der Waals surface area contributed by atoms with Gasteiger partial charge in [0.1, 0.15) is 11.5 Å². The minimum Gasteiger partial charge on any atom is -0.493 e. The maximum atomic E-state index is 12.0. The van der Waals surface area contributed by atoms with Gasteiger partial charge in [-0.2, -0.15) is 5.10 Å². The summed E-state index contributed by atoms with van der Waals surface area (Å²) in [6, 6.07) is 19.1. The van der Waals surface area contributed by atoms with Crippen LogP contribution in [0.3, 0.4) is 0 Å². The summed E-state index contributed by atoms with van der Waals surface area (Å²) in [5.74, 6) is 0.442. The van der Waals surface area contributed by atoms with Crippen molar-refractivity contribution in [3.05, 3.63) is 71.8 Å². The Morgan fingerprint density at radius 3 is 2.65 bits per heavy atom. The summed E-state index contributed by atoms with van der Waals surface area (Å²) in [6.07, 6.45) is 1.55. The van der Waals surface area contributed by atoms with E-state index in [1.165, 1.54) is 0 Å². The number of carbonyl (C=O) groups excluding carboxylic acids is 2. The van der Waals surface area contributed by atoms with E-state index in [4.69, 9.17) is 9.47 Å². The number of rotatable bonds is 9. The molecule has 0 heterocycles. The molecule has 7 nitrogen and oxygen atoms in total. The lowest BCUT2D eigenvalue weighted by molar-refractivity contribution is -0.127. The van der Waals surface area contributed by atoms with Crippen LogP contribution >= 0.6 is 0 Å². The van der Waals surface area contributed by atoms with E-state index < -0.39 is 11.8 Å². The standard InChI is InChI=1S/C24H25N3O4/c1-3-30-22-12-11-18-8-4-5-10-20(18)21(22)14-26-27-23(28)15-25-24(29)16-31-19-9-6-7-17(2)13-19/h4-14H,3,15-16H2,1-2H3,(H,25,29)(H,27,28)/b26-14-. The minimum absolute atomic E-state index is 0.173. The van der Waals surface area contributed by atoms with E-state index >= 15 is 0 Å². The van der Waals surface area contributed by atoms with Crippen molar-refractivity contribution >= 4 is 28.8 Å². The Morgan fingerprint density at radius 1 is 1.00 bits per heavy atom. The second-order valence-electron chi connectivity index (χ2n) is 6.81. The number of hydrogen-bond donors (Lipinski definition) is 2. The lowest BCUT2D eigenvalue weighted by atomic mass is 10.0. The highest BCUT2D eigenvalue weighted by Crippen LogP contribution is 2.26. The fourth-order valence-corrected chi connectivity index (χ4v) is 2.98. The highest BCUT2D eigenvalue weighted by Gasteiger charge is 2.08. The molecule has 0 radical (unpaired) electrons. The molecule has 0 bridgehead atoms. The first kappa shape index (κ1) is 21.8. The maximum Gasteiger partial charge on any atom is 0.259 e. The fraction of sp³-hybridized carbons (Fsp3) is 0.208. The molecule has 0 aliphatic carbocycles. The van der Waals surface area contributed by atoms with E-state index in [1.807, 2.05) is 68.4 Å². The second kappa shape index (κ2) is 10.8. The van der Waals surface area contributed by atoms with Crippen molar-refractivity contribution in [3.63, 3.8) is 0 Å². The highest BCUT2D eigenvalue weighted by atomic mass is 16.5. The van der Waals surface area contributed by atoms with Crippen molar-refractivity contribution in [2.75, 3.05) is 19.8 Å². The Hall–Kier alpha value is -3.87. The third-order valence-electron chi connectivity index (χ3n) is 4.42. The minimum atomic E-state index is -0.446. The average Bonchev–Trinajstić information content (AvgIpc) is 2.77.